The molecule has 1 saturated carbocycles. The topological polar surface area (TPSA) is 32.7 Å². The van der Waals surface area contributed by atoms with E-state index < -0.39 is 5.60 Å². The van der Waals surface area contributed by atoms with Crippen LogP contribution in [0.15, 0.2) is 30.9 Å². The second kappa shape index (κ2) is 7.74. The highest BCUT2D eigenvalue weighted by Gasteiger charge is 2.62. The van der Waals surface area contributed by atoms with Gasteiger partial charge in [-0.25, -0.2) is 0 Å². The maximum Gasteiger partial charge on any atom is 0.119 e. The third-order valence-corrected chi connectivity index (χ3v) is 8.68. The van der Waals surface area contributed by atoms with Crippen molar-refractivity contribution in [2.75, 3.05) is 20.7 Å². The molecule has 3 rings (SSSR count). The first-order valence-electron chi connectivity index (χ1n) is 11.3. The third kappa shape index (κ3) is 3.35. The molecular weight excluding hydrogens is 358 g/mol. The van der Waals surface area contributed by atoms with Crippen LogP contribution in [0.2, 0.25) is 0 Å². The lowest BCUT2D eigenvalue weighted by molar-refractivity contribution is -0.122. The molecule has 5 atom stereocenters. The number of methoxy groups -OCH3 is 1. The molecule has 29 heavy (non-hydrogen) atoms. The summed E-state index contributed by atoms with van der Waals surface area (Å²) in [5.74, 6) is 1.69. The standard InChI is InChI=1S/C26H41NO2/c1-9-20-16-26(22-15-21(29-8)12-11-18(22)3)13-14-27(7)19(4)25(26,10-2)17-23(20)24(5,6)28/h10-12,15,19-20,23,28H,2,9,13-14,16-17H2,1,3-8H3/t19?,20-,23+,25?,26+/m0/s1. The molecule has 1 heterocycles. The summed E-state index contributed by atoms with van der Waals surface area (Å²) >= 11 is 0. The van der Waals surface area contributed by atoms with Gasteiger partial charge < -0.3 is 14.7 Å². The van der Waals surface area contributed by atoms with Crippen LogP contribution in [0.3, 0.4) is 0 Å². The smallest absolute Gasteiger partial charge is 0.119 e. The van der Waals surface area contributed by atoms with Crippen molar-refractivity contribution < 1.29 is 9.84 Å². The Bertz CT molecular complexity index is 752. The summed E-state index contributed by atoms with van der Waals surface area (Å²) < 4.78 is 5.64. The zero-order valence-electron chi connectivity index (χ0n) is 19.6. The number of aryl methyl sites for hydroxylation is 1. The Morgan fingerprint density at radius 1 is 1.34 bits per heavy atom. The van der Waals surface area contributed by atoms with E-state index in [1.807, 2.05) is 13.8 Å². The maximum atomic E-state index is 11.1. The Hall–Kier alpha value is -1.32. The summed E-state index contributed by atoms with van der Waals surface area (Å²) in [6.45, 7) is 16.4. The molecular formula is C26H41NO2. The van der Waals surface area contributed by atoms with Gasteiger partial charge in [0.15, 0.2) is 0 Å². The van der Waals surface area contributed by atoms with Crippen LogP contribution in [0, 0.1) is 24.2 Å². The molecule has 0 bridgehead atoms. The fourth-order valence-electron chi connectivity index (χ4n) is 6.81. The van der Waals surface area contributed by atoms with Gasteiger partial charge in [0.05, 0.1) is 12.7 Å². The van der Waals surface area contributed by atoms with E-state index >= 15 is 0 Å². The van der Waals surface area contributed by atoms with E-state index in [9.17, 15) is 5.11 Å². The Morgan fingerprint density at radius 2 is 2.03 bits per heavy atom. The molecule has 0 spiro atoms. The fourth-order valence-corrected chi connectivity index (χ4v) is 6.81. The van der Waals surface area contributed by atoms with Gasteiger partial charge in [-0.05, 0) is 95.6 Å². The molecule has 1 aromatic rings. The number of piperidine rings is 1. The first-order valence-corrected chi connectivity index (χ1v) is 11.3. The van der Waals surface area contributed by atoms with Crippen molar-refractivity contribution in [2.45, 2.75) is 77.4 Å². The lowest BCUT2D eigenvalue weighted by Gasteiger charge is -2.65. The van der Waals surface area contributed by atoms with Crippen LogP contribution in [0.4, 0.5) is 0 Å². The van der Waals surface area contributed by atoms with Crippen LogP contribution >= 0.6 is 0 Å². The molecule has 3 nitrogen and oxygen atoms in total. The van der Waals surface area contributed by atoms with Crippen molar-refractivity contribution in [2.24, 2.45) is 17.3 Å². The van der Waals surface area contributed by atoms with E-state index in [1.54, 1.807) is 7.11 Å². The van der Waals surface area contributed by atoms with Crippen molar-refractivity contribution in [3.63, 3.8) is 0 Å². The van der Waals surface area contributed by atoms with E-state index in [0.29, 0.717) is 12.0 Å². The first-order chi connectivity index (χ1) is 13.6. The molecule has 3 heteroatoms. The quantitative estimate of drug-likeness (QED) is 0.678. The Kier molecular flexibility index (Phi) is 5.97. The highest BCUT2D eigenvalue weighted by atomic mass is 16.5. The number of benzene rings is 1. The zero-order chi connectivity index (χ0) is 21.6. The van der Waals surface area contributed by atoms with Crippen molar-refractivity contribution in [1.82, 2.24) is 4.90 Å². The normalized spacial score (nSPS) is 35.8. The number of likely N-dealkylation sites (tertiary alicyclic amines) is 1. The van der Waals surface area contributed by atoms with Crippen molar-refractivity contribution >= 4 is 0 Å². The van der Waals surface area contributed by atoms with E-state index in [-0.39, 0.29) is 16.7 Å². The first kappa shape index (κ1) is 22.4. The van der Waals surface area contributed by atoms with Crippen LogP contribution in [0.1, 0.15) is 64.5 Å². The lowest BCUT2D eigenvalue weighted by Crippen LogP contribution is -2.66. The number of ether oxygens (including phenoxy) is 1. The van der Waals surface area contributed by atoms with Gasteiger partial charge in [-0.3, -0.25) is 0 Å². The van der Waals surface area contributed by atoms with Gasteiger partial charge in [-0.2, -0.15) is 0 Å². The lowest BCUT2D eigenvalue weighted by atomic mass is 9.42. The minimum absolute atomic E-state index is 0.0156. The second-order valence-electron chi connectivity index (χ2n) is 10.3. The Morgan fingerprint density at radius 3 is 2.59 bits per heavy atom. The average molecular weight is 400 g/mol. The summed E-state index contributed by atoms with van der Waals surface area (Å²) in [6, 6.07) is 6.93. The summed E-state index contributed by atoms with van der Waals surface area (Å²) in [5.41, 5.74) is 1.99. The maximum absolute atomic E-state index is 11.1. The average Bonchev–Trinajstić information content (AvgIpc) is 2.69. The summed E-state index contributed by atoms with van der Waals surface area (Å²) in [7, 11) is 3.99. The van der Waals surface area contributed by atoms with Gasteiger partial charge in [0.2, 0.25) is 0 Å². The molecule has 1 saturated heterocycles. The Balaban J connectivity index is 2.27. The largest absolute Gasteiger partial charge is 0.497 e. The molecule has 162 valence electrons. The number of aliphatic hydroxyl groups is 1. The summed E-state index contributed by atoms with van der Waals surface area (Å²) in [6.07, 6.45) is 6.52. The minimum Gasteiger partial charge on any atom is -0.497 e. The molecule has 2 fully saturated rings. The van der Waals surface area contributed by atoms with E-state index in [4.69, 9.17) is 4.74 Å². The number of hydrogen-bond acceptors (Lipinski definition) is 3. The van der Waals surface area contributed by atoms with Gasteiger partial charge in [0, 0.05) is 16.9 Å². The molecule has 1 N–H and O–H groups in total. The summed E-state index contributed by atoms with van der Waals surface area (Å²) in [4.78, 5) is 2.49. The van der Waals surface area contributed by atoms with Gasteiger partial charge in [0.1, 0.15) is 5.75 Å². The predicted molar refractivity (Wildman–Crippen MR) is 122 cm³/mol. The SMILES string of the molecule is C=CC12C[C@@H](C(C)(C)O)[C@@H](CC)C[C@@]1(c1cc(OC)ccc1C)CCN(C)C2C. The number of rotatable bonds is 5. The number of nitrogens with zero attached hydrogens (tertiary/aromatic N) is 1. The van der Waals surface area contributed by atoms with Crippen LogP contribution < -0.4 is 4.74 Å². The minimum atomic E-state index is -0.692. The number of fused-ring (bicyclic) bond motifs is 1. The zero-order valence-corrected chi connectivity index (χ0v) is 19.6. The molecule has 1 aromatic carbocycles. The van der Waals surface area contributed by atoms with Gasteiger partial charge in [-0.15, -0.1) is 6.58 Å². The second-order valence-corrected chi connectivity index (χ2v) is 10.3. The molecule has 1 aliphatic carbocycles. The monoisotopic (exact) mass is 399 g/mol. The van der Waals surface area contributed by atoms with Crippen LogP contribution in [-0.2, 0) is 5.41 Å². The third-order valence-electron chi connectivity index (χ3n) is 8.68. The highest BCUT2D eigenvalue weighted by Crippen LogP contribution is 2.64. The van der Waals surface area contributed by atoms with E-state index in [0.717, 1.165) is 38.0 Å². The molecule has 1 aliphatic heterocycles. The van der Waals surface area contributed by atoms with Crippen LogP contribution in [0.5, 0.6) is 5.75 Å². The molecule has 0 radical (unpaired) electrons. The number of hydrogen-bond donors (Lipinski definition) is 1. The van der Waals surface area contributed by atoms with E-state index in [2.05, 4.69) is 63.6 Å². The molecule has 0 aromatic heterocycles. The highest BCUT2D eigenvalue weighted by molar-refractivity contribution is 5.45. The van der Waals surface area contributed by atoms with Crippen molar-refractivity contribution in [3.05, 3.63) is 42.0 Å². The van der Waals surface area contributed by atoms with Crippen LogP contribution in [0.25, 0.3) is 0 Å². The Labute approximate surface area is 178 Å². The summed E-state index contributed by atoms with van der Waals surface area (Å²) in [5, 5.41) is 11.1. The van der Waals surface area contributed by atoms with E-state index in [1.165, 1.54) is 11.1 Å². The van der Waals surface area contributed by atoms with Gasteiger partial charge in [-0.1, -0.05) is 25.5 Å². The van der Waals surface area contributed by atoms with Gasteiger partial charge >= 0.3 is 0 Å². The predicted octanol–water partition coefficient (Wildman–Crippen LogP) is 5.34. The van der Waals surface area contributed by atoms with Crippen molar-refractivity contribution in [1.29, 1.82) is 0 Å². The van der Waals surface area contributed by atoms with Gasteiger partial charge in [0.25, 0.3) is 0 Å². The molecule has 0 amide bonds. The molecule has 2 unspecified atom stereocenters. The van der Waals surface area contributed by atoms with Crippen LogP contribution in [-0.4, -0.2) is 42.4 Å². The fraction of sp³-hybridized carbons (Fsp3) is 0.692. The molecule has 2 aliphatic rings. The van der Waals surface area contributed by atoms with Crippen molar-refractivity contribution in [3.8, 4) is 5.75 Å².